The lowest BCUT2D eigenvalue weighted by Gasteiger charge is -2.30. The largest absolute Gasteiger partial charge is 0.358 e. The minimum Gasteiger partial charge on any atom is -0.358 e. The Labute approximate surface area is 186 Å². The number of carbonyl (C=O) groups excluding carboxylic acids is 1. The molecule has 3 fully saturated rings. The average molecular weight is 447 g/mol. The van der Waals surface area contributed by atoms with Gasteiger partial charge in [0.25, 0.3) is 0 Å². The van der Waals surface area contributed by atoms with Crippen LogP contribution in [0.1, 0.15) is 59.9 Å². The molecular formula is C23H31FN4O2S. The predicted octanol–water partition coefficient (Wildman–Crippen LogP) is 3.79. The van der Waals surface area contributed by atoms with Gasteiger partial charge in [-0.05, 0) is 63.8 Å². The fraction of sp³-hybridized carbons (Fsp3) is 0.696. The van der Waals surface area contributed by atoms with Crippen molar-refractivity contribution in [3.63, 3.8) is 0 Å². The molecule has 1 aliphatic heterocycles. The van der Waals surface area contributed by atoms with Gasteiger partial charge in [0, 0.05) is 41.7 Å². The molecule has 2 aromatic rings. The van der Waals surface area contributed by atoms with Crippen LogP contribution in [0.25, 0.3) is 0 Å². The van der Waals surface area contributed by atoms with Crippen LogP contribution in [0, 0.1) is 18.8 Å². The number of nitrogens with zero attached hydrogens (tertiary/aromatic N) is 3. The molecule has 168 valence electrons. The molecule has 6 nitrogen and oxygen atoms in total. The van der Waals surface area contributed by atoms with Crippen LogP contribution in [0.5, 0.6) is 0 Å². The maximum atomic E-state index is 12.8. The van der Waals surface area contributed by atoms with Crippen molar-refractivity contribution in [2.45, 2.75) is 70.0 Å². The lowest BCUT2D eigenvalue weighted by atomic mass is 9.84. The third-order valence-corrected chi connectivity index (χ3v) is 8.40. The van der Waals surface area contributed by atoms with Crippen LogP contribution in [0.2, 0.25) is 0 Å². The van der Waals surface area contributed by atoms with E-state index in [2.05, 4.69) is 20.4 Å². The second-order valence-corrected chi connectivity index (χ2v) is 11.0. The molecule has 3 heterocycles. The van der Waals surface area contributed by atoms with Gasteiger partial charge in [0.15, 0.2) is 5.76 Å². The molecule has 0 spiro atoms. The Morgan fingerprint density at radius 3 is 2.94 bits per heavy atom. The second kappa shape index (κ2) is 8.62. The second-order valence-electron chi connectivity index (χ2n) is 9.70. The summed E-state index contributed by atoms with van der Waals surface area (Å²) in [7, 11) is 0. The van der Waals surface area contributed by atoms with Gasteiger partial charge in [0.05, 0.1) is 17.1 Å². The van der Waals surface area contributed by atoms with E-state index in [0.29, 0.717) is 24.1 Å². The number of hydrogen-bond donors (Lipinski definition) is 1. The van der Waals surface area contributed by atoms with E-state index in [9.17, 15) is 9.18 Å². The number of aromatic nitrogens is 2. The molecule has 0 radical (unpaired) electrons. The van der Waals surface area contributed by atoms with E-state index in [-0.39, 0.29) is 11.3 Å². The summed E-state index contributed by atoms with van der Waals surface area (Å²) in [5, 5.41) is 8.38. The van der Waals surface area contributed by atoms with Crippen molar-refractivity contribution in [2.24, 2.45) is 11.8 Å². The van der Waals surface area contributed by atoms with Gasteiger partial charge in [-0.25, -0.2) is 9.37 Å². The first kappa shape index (κ1) is 21.1. The van der Waals surface area contributed by atoms with E-state index >= 15 is 0 Å². The monoisotopic (exact) mass is 446 g/mol. The quantitative estimate of drug-likeness (QED) is 0.668. The third kappa shape index (κ3) is 4.55. The Bertz CT molecular complexity index is 922. The van der Waals surface area contributed by atoms with Crippen LogP contribution in [0.4, 0.5) is 4.39 Å². The van der Waals surface area contributed by atoms with Gasteiger partial charge in [0.2, 0.25) is 5.91 Å². The minimum atomic E-state index is -0.578. The highest BCUT2D eigenvalue weighted by molar-refractivity contribution is 7.11. The van der Waals surface area contributed by atoms with Gasteiger partial charge in [-0.2, -0.15) is 0 Å². The lowest BCUT2D eigenvalue weighted by Crippen LogP contribution is -2.38. The van der Waals surface area contributed by atoms with Crippen LogP contribution in [-0.2, 0) is 23.3 Å². The summed E-state index contributed by atoms with van der Waals surface area (Å²) in [4.78, 5) is 20.1. The van der Waals surface area contributed by atoms with Crippen molar-refractivity contribution >= 4 is 17.2 Å². The molecule has 1 saturated heterocycles. The van der Waals surface area contributed by atoms with Crippen molar-refractivity contribution in [3.8, 4) is 0 Å². The number of fused-ring (bicyclic) bond motifs is 1. The zero-order chi connectivity index (χ0) is 21.4. The highest BCUT2D eigenvalue weighted by Gasteiger charge is 2.62. The zero-order valence-corrected chi connectivity index (χ0v) is 18.9. The molecular weight excluding hydrogens is 415 g/mol. The first-order valence-electron chi connectivity index (χ1n) is 11.5. The fourth-order valence-electron chi connectivity index (χ4n) is 5.65. The minimum absolute atomic E-state index is 0.121. The number of alkyl halides is 1. The summed E-state index contributed by atoms with van der Waals surface area (Å²) in [5.74, 6) is 1.87. The molecule has 1 N–H and O–H groups in total. The molecule has 5 rings (SSSR count). The topological polar surface area (TPSA) is 71.3 Å². The molecule has 0 bridgehead atoms. The van der Waals surface area contributed by atoms with E-state index in [1.165, 1.54) is 19.3 Å². The first-order valence-corrected chi connectivity index (χ1v) is 12.3. The highest BCUT2D eigenvalue weighted by Crippen LogP contribution is 2.58. The summed E-state index contributed by atoms with van der Waals surface area (Å²) in [6.07, 6.45) is 9.18. The molecule has 31 heavy (non-hydrogen) atoms. The summed E-state index contributed by atoms with van der Waals surface area (Å²) in [6.45, 7) is 4.66. The molecule has 2 atom stereocenters. The van der Waals surface area contributed by atoms with Gasteiger partial charge >= 0.3 is 0 Å². The fourth-order valence-corrected chi connectivity index (χ4v) is 6.44. The number of hydrogen-bond acceptors (Lipinski definition) is 6. The lowest BCUT2D eigenvalue weighted by molar-refractivity contribution is -0.121. The third-order valence-electron chi connectivity index (χ3n) is 7.49. The average Bonchev–Trinajstić information content (AvgIpc) is 3.17. The van der Waals surface area contributed by atoms with Gasteiger partial charge < -0.3 is 14.7 Å². The summed E-state index contributed by atoms with van der Waals surface area (Å²) in [5.41, 5.74) is 1.08. The van der Waals surface area contributed by atoms with Crippen LogP contribution in [0.3, 0.4) is 0 Å². The molecule has 2 unspecified atom stereocenters. The Hall–Kier alpha value is -1.80. The normalized spacial score (nSPS) is 30.3. The number of likely N-dealkylation sites (tertiary alicyclic amines) is 1. The molecule has 2 saturated carbocycles. The Morgan fingerprint density at radius 1 is 1.39 bits per heavy atom. The molecule has 2 aromatic heterocycles. The smallest absolute Gasteiger partial charge is 0.225 e. The van der Waals surface area contributed by atoms with Gasteiger partial charge in [-0.3, -0.25) is 4.79 Å². The van der Waals surface area contributed by atoms with E-state index in [1.807, 2.05) is 19.2 Å². The van der Waals surface area contributed by atoms with Gasteiger partial charge in [-0.15, -0.1) is 11.3 Å². The van der Waals surface area contributed by atoms with E-state index in [1.54, 1.807) is 11.3 Å². The number of rotatable bonds is 8. The van der Waals surface area contributed by atoms with Crippen LogP contribution < -0.4 is 5.32 Å². The zero-order valence-electron chi connectivity index (χ0n) is 18.1. The van der Waals surface area contributed by atoms with Gasteiger partial charge in [-0.1, -0.05) is 5.16 Å². The van der Waals surface area contributed by atoms with Crippen LogP contribution >= 0.6 is 11.3 Å². The Kier molecular flexibility index (Phi) is 5.86. The number of halogens is 1. The highest BCUT2D eigenvalue weighted by atomic mass is 32.1. The van der Waals surface area contributed by atoms with Crippen LogP contribution in [-0.4, -0.2) is 46.6 Å². The number of amides is 1. The number of nitrogens with one attached hydrogen (secondary N) is 1. The maximum Gasteiger partial charge on any atom is 0.225 e. The summed E-state index contributed by atoms with van der Waals surface area (Å²) >= 11 is 1.60. The summed E-state index contributed by atoms with van der Waals surface area (Å²) in [6, 6.07) is 2.13. The predicted molar refractivity (Wildman–Crippen MR) is 117 cm³/mol. The Balaban J connectivity index is 1.02. The number of piperidine rings is 1. The SMILES string of the molecule is Cc1ncc(CC(=O)NC2CCC(CCN3CC4CC4(c4cc(CF)on4)C3)CC2)s1. The molecule has 3 aliphatic rings. The molecule has 1 amide bonds. The van der Waals surface area contributed by atoms with E-state index in [0.717, 1.165) is 60.4 Å². The maximum absolute atomic E-state index is 12.8. The molecule has 8 heteroatoms. The van der Waals surface area contributed by atoms with E-state index < -0.39 is 6.67 Å². The van der Waals surface area contributed by atoms with E-state index in [4.69, 9.17) is 4.52 Å². The molecule has 2 aliphatic carbocycles. The standard InChI is InChI=1S/C23H31FN4O2S/c1-15-25-12-20(31-15)9-22(29)26-18-4-2-16(3-5-18)6-7-28-13-17-10-23(17,14-28)21-8-19(11-24)30-27-21/h8,12,16-18H,2-7,9-11,13-14H2,1H3,(H,26,29). The van der Waals surface area contributed by atoms with Crippen molar-refractivity contribution in [2.75, 3.05) is 19.6 Å². The van der Waals surface area contributed by atoms with Gasteiger partial charge in [0.1, 0.15) is 6.67 Å². The molecule has 0 aromatic carbocycles. The Morgan fingerprint density at radius 2 is 2.23 bits per heavy atom. The van der Waals surface area contributed by atoms with Crippen molar-refractivity contribution < 1.29 is 13.7 Å². The number of carbonyl (C=O) groups is 1. The summed E-state index contributed by atoms with van der Waals surface area (Å²) < 4.78 is 17.9. The van der Waals surface area contributed by atoms with Crippen molar-refractivity contribution in [1.29, 1.82) is 0 Å². The van der Waals surface area contributed by atoms with Crippen LogP contribution in [0.15, 0.2) is 16.8 Å². The van der Waals surface area contributed by atoms with Crippen molar-refractivity contribution in [3.05, 3.63) is 33.6 Å². The first-order chi connectivity index (χ1) is 15.0. The number of thiazole rings is 1. The number of aryl methyl sites for hydroxylation is 1. The van der Waals surface area contributed by atoms with Crippen molar-refractivity contribution in [1.82, 2.24) is 20.4 Å².